The molecule has 1 fully saturated rings. The van der Waals surface area contributed by atoms with Crippen LogP contribution < -0.4 is 10.1 Å². The van der Waals surface area contributed by atoms with Crippen LogP contribution in [0.2, 0.25) is 0 Å². The molecule has 5 heteroatoms. The van der Waals surface area contributed by atoms with E-state index in [4.69, 9.17) is 4.74 Å². The molecule has 0 spiro atoms. The van der Waals surface area contributed by atoms with Gasteiger partial charge in [-0.15, -0.1) is 0 Å². The van der Waals surface area contributed by atoms with E-state index in [-0.39, 0.29) is 12.3 Å². The fourth-order valence-corrected chi connectivity index (χ4v) is 2.86. The number of para-hydroxylation sites is 1. The number of nitrogens with one attached hydrogen (secondary N) is 1. The summed E-state index contributed by atoms with van der Waals surface area (Å²) in [6, 6.07) is 7.53. The fourth-order valence-electron chi connectivity index (χ4n) is 2.86. The van der Waals surface area contributed by atoms with Gasteiger partial charge in [0.1, 0.15) is 11.3 Å². The van der Waals surface area contributed by atoms with E-state index in [9.17, 15) is 14.7 Å². The van der Waals surface area contributed by atoms with Crippen LogP contribution in [0.1, 0.15) is 37.7 Å². The highest BCUT2D eigenvalue weighted by molar-refractivity contribution is 5.87. The van der Waals surface area contributed by atoms with Gasteiger partial charge in [-0.25, -0.2) is 4.79 Å². The number of carbonyl (C=O) groups excluding carboxylic acids is 1. The molecule has 1 aromatic rings. The van der Waals surface area contributed by atoms with Crippen molar-refractivity contribution in [3.8, 4) is 5.75 Å². The van der Waals surface area contributed by atoms with Crippen LogP contribution in [0, 0.1) is 0 Å². The first-order chi connectivity index (χ1) is 10.1. The molecule has 114 valence electrons. The maximum atomic E-state index is 12.1. The van der Waals surface area contributed by atoms with Crippen LogP contribution in [0.15, 0.2) is 24.3 Å². The maximum Gasteiger partial charge on any atom is 0.329 e. The first-order valence-electron chi connectivity index (χ1n) is 7.24. The molecule has 0 heterocycles. The fraction of sp³-hybridized carbons (Fsp3) is 0.500. The van der Waals surface area contributed by atoms with Gasteiger partial charge in [0.2, 0.25) is 5.91 Å². The number of amides is 1. The van der Waals surface area contributed by atoms with Crippen LogP contribution in [0.3, 0.4) is 0 Å². The SMILES string of the molecule is COc1ccccc1CCC(=O)NC1(C(=O)O)CCCC1. The molecule has 0 radical (unpaired) electrons. The minimum atomic E-state index is -1.06. The van der Waals surface area contributed by atoms with Crippen molar-refractivity contribution in [1.82, 2.24) is 5.32 Å². The highest BCUT2D eigenvalue weighted by Gasteiger charge is 2.42. The van der Waals surface area contributed by atoms with Crippen molar-refractivity contribution in [3.63, 3.8) is 0 Å². The van der Waals surface area contributed by atoms with Crippen LogP contribution in [-0.4, -0.2) is 29.6 Å². The van der Waals surface area contributed by atoms with E-state index in [0.29, 0.717) is 19.3 Å². The Balaban J connectivity index is 1.94. The van der Waals surface area contributed by atoms with E-state index >= 15 is 0 Å². The van der Waals surface area contributed by atoms with E-state index in [1.807, 2.05) is 24.3 Å². The zero-order valence-electron chi connectivity index (χ0n) is 12.2. The molecule has 1 saturated carbocycles. The van der Waals surface area contributed by atoms with Gasteiger partial charge in [0.15, 0.2) is 0 Å². The molecule has 1 amide bonds. The zero-order valence-corrected chi connectivity index (χ0v) is 12.2. The Morgan fingerprint density at radius 2 is 1.95 bits per heavy atom. The second kappa shape index (κ2) is 6.61. The van der Waals surface area contributed by atoms with E-state index in [1.54, 1.807) is 7.11 Å². The number of aliphatic carboxylic acids is 1. The van der Waals surface area contributed by atoms with E-state index < -0.39 is 11.5 Å². The van der Waals surface area contributed by atoms with Gasteiger partial charge in [-0.1, -0.05) is 31.0 Å². The van der Waals surface area contributed by atoms with Crippen molar-refractivity contribution < 1.29 is 19.4 Å². The first kappa shape index (κ1) is 15.4. The van der Waals surface area contributed by atoms with Gasteiger partial charge in [-0.05, 0) is 30.9 Å². The lowest BCUT2D eigenvalue weighted by Crippen LogP contribution is -2.52. The summed E-state index contributed by atoms with van der Waals surface area (Å²) in [5, 5.41) is 12.1. The van der Waals surface area contributed by atoms with Crippen molar-refractivity contribution in [1.29, 1.82) is 0 Å². The largest absolute Gasteiger partial charge is 0.496 e. The summed E-state index contributed by atoms with van der Waals surface area (Å²) in [6.07, 6.45) is 3.52. The minimum absolute atomic E-state index is 0.217. The molecule has 0 unspecified atom stereocenters. The molecular weight excluding hydrogens is 270 g/mol. The van der Waals surface area contributed by atoms with Gasteiger partial charge in [-0.2, -0.15) is 0 Å². The number of ether oxygens (including phenoxy) is 1. The summed E-state index contributed by atoms with van der Waals surface area (Å²) in [4.78, 5) is 23.5. The molecule has 1 aliphatic rings. The Hall–Kier alpha value is -2.04. The summed E-state index contributed by atoms with van der Waals surface area (Å²) in [7, 11) is 1.59. The van der Waals surface area contributed by atoms with Crippen molar-refractivity contribution in [3.05, 3.63) is 29.8 Å². The lowest BCUT2D eigenvalue weighted by Gasteiger charge is -2.25. The Morgan fingerprint density at radius 3 is 2.57 bits per heavy atom. The molecule has 0 atom stereocenters. The van der Waals surface area contributed by atoms with Gasteiger partial charge < -0.3 is 15.2 Å². The molecule has 1 aliphatic carbocycles. The topological polar surface area (TPSA) is 75.6 Å². The third kappa shape index (κ3) is 3.54. The number of carboxylic acid groups (broad SMARTS) is 1. The Bertz CT molecular complexity index is 521. The molecule has 0 aliphatic heterocycles. The highest BCUT2D eigenvalue weighted by atomic mass is 16.5. The minimum Gasteiger partial charge on any atom is -0.496 e. The van der Waals surface area contributed by atoms with Crippen molar-refractivity contribution in [2.75, 3.05) is 7.11 Å². The third-order valence-corrected chi connectivity index (χ3v) is 4.06. The quantitative estimate of drug-likeness (QED) is 0.842. The predicted molar refractivity (Wildman–Crippen MR) is 78.3 cm³/mol. The Labute approximate surface area is 124 Å². The molecule has 1 aromatic carbocycles. The monoisotopic (exact) mass is 291 g/mol. The zero-order chi connectivity index (χ0) is 15.3. The van der Waals surface area contributed by atoms with E-state index in [0.717, 1.165) is 24.2 Å². The average Bonchev–Trinajstić information content (AvgIpc) is 2.95. The number of rotatable bonds is 6. The van der Waals surface area contributed by atoms with Crippen LogP contribution in [0.25, 0.3) is 0 Å². The Morgan fingerprint density at radius 1 is 1.29 bits per heavy atom. The number of benzene rings is 1. The molecule has 0 bridgehead atoms. The standard InChI is InChI=1S/C16H21NO4/c1-21-13-7-3-2-6-12(13)8-9-14(18)17-16(15(19)20)10-4-5-11-16/h2-3,6-7H,4-5,8-11H2,1H3,(H,17,18)(H,19,20). The molecule has 5 nitrogen and oxygen atoms in total. The third-order valence-electron chi connectivity index (χ3n) is 4.06. The second-order valence-corrected chi connectivity index (χ2v) is 5.45. The van der Waals surface area contributed by atoms with Crippen LogP contribution >= 0.6 is 0 Å². The van der Waals surface area contributed by atoms with Gasteiger partial charge in [0, 0.05) is 6.42 Å². The van der Waals surface area contributed by atoms with Crippen molar-refractivity contribution in [2.24, 2.45) is 0 Å². The number of hydrogen-bond acceptors (Lipinski definition) is 3. The summed E-state index contributed by atoms with van der Waals surface area (Å²) in [5.74, 6) is -0.394. The number of carbonyl (C=O) groups is 2. The van der Waals surface area contributed by atoms with Crippen molar-refractivity contribution in [2.45, 2.75) is 44.1 Å². The smallest absolute Gasteiger partial charge is 0.329 e. The number of aryl methyl sites for hydroxylation is 1. The first-order valence-corrected chi connectivity index (χ1v) is 7.24. The summed E-state index contributed by atoms with van der Waals surface area (Å²) in [5.41, 5.74) is -0.108. The van der Waals surface area contributed by atoms with E-state index in [1.165, 1.54) is 0 Å². The molecule has 2 rings (SSSR count). The predicted octanol–water partition coefficient (Wildman–Crippen LogP) is 2.14. The second-order valence-electron chi connectivity index (χ2n) is 5.45. The normalized spacial score (nSPS) is 16.4. The lowest BCUT2D eigenvalue weighted by atomic mass is 9.97. The highest BCUT2D eigenvalue weighted by Crippen LogP contribution is 2.30. The summed E-state index contributed by atoms with van der Waals surface area (Å²) < 4.78 is 5.24. The van der Waals surface area contributed by atoms with Gasteiger partial charge in [0.25, 0.3) is 0 Å². The molecule has 0 aromatic heterocycles. The average molecular weight is 291 g/mol. The van der Waals surface area contributed by atoms with Gasteiger partial charge in [0.05, 0.1) is 7.11 Å². The van der Waals surface area contributed by atoms with Crippen LogP contribution in [0.4, 0.5) is 0 Å². The number of methoxy groups -OCH3 is 1. The van der Waals surface area contributed by atoms with E-state index in [2.05, 4.69) is 5.32 Å². The Kier molecular flexibility index (Phi) is 4.83. The van der Waals surface area contributed by atoms with Gasteiger partial charge in [-0.3, -0.25) is 4.79 Å². The number of hydrogen-bond donors (Lipinski definition) is 2. The molecule has 0 saturated heterocycles. The van der Waals surface area contributed by atoms with Crippen LogP contribution in [0.5, 0.6) is 5.75 Å². The summed E-state index contributed by atoms with van der Waals surface area (Å²) >= 11 is 0. The molecular formula is C16H21NO4. The van der Waals surface area contributed by atoms with Gasteiger partial charge >= 0.3 is 5.97 Å². The summed E-state index contributed by atoms with van der Waals surface area (Å²) in [6.45, 7) is 0. The molecule has 21 heavy (non-hydrogen) atoms. The lowest BCUT2D eigenvalue weighted by molar-refractivity contribution is -0.147. The van der Waals surface area contributed by atoms with Crippen molar-refractivity contribution >= 4 is 11.9 Å². The number of carboxylic acids is 1. The maximum absolute atomic E-state index is 12.1. The van der Waals surface area contributed by atoms with Crippen LogP contribution in [-0.2, 0) is 16.0 Å². The molecule has 2 N–H and O–H groups in total.